The van der Waals surface area contributed by atoms with E-state index in [4.69, 9.17) is 17.2 Å². The second-order valence-electron chi connectivity index (χ2n) is 9.33. The van der Waals surface area contributed by atoms with E-state index in [1.165, 1.54) is 12.5 Å². The fourth-order valence-electron chi connectivity index (χ4n) is 3.54. The van der Waals surface area contributed by atoms with Crippen LogP contribution in [0.5, 0.6) is 0 Å². The maximum Gasteiger partial charge on any atom is 0.326 e. The number of nitrogens with two attached hydrogens (primary N) is 3. The summed E-state index contributed by atoms with van der Waals surface area (Å²) in [6, 6.07) is -4.43. The lowest BCUT2D eigenvalue weighted by Gasteiger charge is -2.26. The van der Waals surface area contributed by atoms with Crippen LogP contribution < -0.4 is 33.2 Å². The van der Waals surface area contributed by atoms with E-state index in [2.05, 4.69) is 25.9 Å². The Balaban J connectivity index is 2.96. The van der Waals surface area contributed by atoms with Gasteiger partial charge in [0.1, 0.15) is 18.1 Å². The number of amides is 4. The SMILES string of the molecule is CC(C)CC(NC(=O)C(CCC(N)=O)NC(=O)C(N)CCCCN)C(=O)NC(Cc1cnc[nH]1)C(=O)O. The molecule has 37 heavy (non-hydrogen) atoms. The number of carboxylic acids is 1. The predicted octanol–water partition coefficient (Wildman–Crippen LogP) is -1.74. The quantitative estimate of drug-likeness (QED) is 0.101. The van der Waals surface area contributed by atoms with Crippen LogP contribution in [0, 0.1) is 5.92 Å². The van der Waals surface area contributed by atoms with Gasteiger partial charge in [-0.3, -0.25) is 19.2 Å². The summed E-state index contributed by atoms with van der Waals surface area (Å²) in [6.45, 7) is 4.12. The van der Waals surface area contributed by atoms with Crippen molar-refractivity contribution in [3.8, 4) is 0 Å². The van der Waals surface area contributed by atoms with Crippen LogP contribution in [0.25, 0.3) is 0 Å². The van der Waals surface area contributed by atoms with Gasteiger partial charge in [0.25, 0.3) is 0 Å². The minimum absolute atomic E-state index is 0.0389. The van der Waals surface area contributed by atoms with E-state index in [0.717, 1.165) is 0 Å². The molecule has 1 aromatic heterocycles. The smallest absolute Gasteiger partial charge is 0.326 e. The van der Waals surface area contributed by atoms with E-state index in [9.17, 15) is 29.1 Å². The number of hydrogen-bond acceptors (Lipinski definition) is 8. The number of carboxylic acid groups (broad SMARTS) is 1. The number of imidazole rings is 1. The molecule has 0 aliphatic carbocycles. The van der Waals surface area contributed by atoms with Gasteiger partial charge in [0.05, 0.1) is 12.4 Å². The van der Waals surface area contributed by atoms with Gasteiger partial charge in [-0.1, -0.05) is 20.3 Å². The first-order valence-electron chi connectivity index (χ1n) is 12.3. The Hall–Kier alpha value is -3.52. The minimum atomic E-state index is -1.27. The maximum absolute atomic E-state index is 13.1. The molecule has 208 valence electrons. The number of carbonyl (C=O) groups is 5. The number of primary amides is 1. The van der Waals surface area contributed by atoms with E-state index >= 15 is 0 Å². The van der Waals surface area contributed by atoms with E-state index in [-0.39, 0.29) is 31.6 Å². The molecule has 4 amide bonds. The molecule has 1 rings (SSSR count). The van der Waals surface area contributed by atoms with E-state index < -0.39 is 53.8 Å². The molecule has 0 aliphatic rings. The molecule has 0 saturated heterocycles. The number of nitrogens with one attached hydrogen (secondary N) is 4. The first-order chi connectivity index (χ1) is 17.4. The highest BCUT2D eigenvalue weighted by Crippen LogP contribution is 2.09. The van der Waals surface area contributed by atoms with Crippen molar-refractivity contribution in [2.24, 2.45) is 23.1 Å². The maximum atomic E-state index is 13.1. The number of rotatable bonds is 18. The van der Waals surface area contributed by atoms with Gasteiger partial charge in [0.15, 0.2) is 0 Å². The minimum Gasteiger partial charge on any atom is -0.480 e. The lowest BCUT2D eigenvalue weighted by atomic mass is 10.0. The molecule has 0 radical (unpaired) electrons. The zero-order valence-corrected chi connectivity index (χ0v) is 21.4. The summed E-state index contributed by atoms with van der Waals surface area (Å²) in [5, 5.41) is 17.1. The van der Waals surface area contributed by atoms with Crippen molar-refractivity contribution in [1.29, 1.82) is 0 Å². The predicted molar refractivity (Wildman–Crippen MR) is 134 cm³/mol. The normalized spacial score (nSPS) is 14.3. The first-order valence-corrected chi connectivity index (χ1v) is 12.3. The Kier molecular flexibility index (Phi) is 13.9. The molecule has 0 aromatic carbocycles. The zero-order chi connectivity index (χ0) is 28.0. The second-order valence-corrected chi connectivity index (χ2v) is 9.33. The summed E-state index contributed by atoms with van der Waals surface area (Å²) in [4.78, 5) is 68.3. The van der Waals surface area contributed by atoms with Gasteiger partial charge in [0.2, 0.25) is 23.6 Å². The third kappa shape index (κ3) is 12.3. The van der Waals surface area contributed by atoms with Gasteiger partial charge in [-0.15, -0.1) is 0 Å². The van der Waals surface area contributed by atoms with Gasteiger partial charge >= 0.3 is 5.97 Å². The highest BCUT2D eigenvalue weighted by Gasteiger charge is 2.31. The number of nitrogens with zero attached hydrogens (tertiary/aromatic N) is 1. The number of aromatic nitrogens is 2. The van der Waals surface area contributed by atoms with Gasteiger partial charge in [-0.2, -0.15) is 0 Å². The summed E-state index contributed by atoms with van der Waals surface area (Å²) in [7, 11) is 0. The number of aromatic amines is 1. The third-order valence-electron chi connectivity index (χ3n) is 5.55. The molecule has 11 N–H and O–H groups in total. The highest BCUT2D eigenvalue weighted by molar-refractivity contribution is 5.94. The average molecular weight is 525 g/mol. The van der Waals surface area contributed by atoms with Crippen LogP contribution >= 0.6 is 0 Å². The lowest BCUT2D eigenvalue weighted by molar-refractivity contribution is -0.142. The van der Waals surface area contributed by atoms with Gasteiger partial charge < -0.3 is 43.2 Å². The van der Waals surface area contributed by atoms with E-state index in [0.29, 0.717) is 31.5 Å². The van der Waals surface area contributed by atoms with Crippen molar-refractivity contribution < 1.29 is 29.1 Å². The summed E-state index contributed by atoms with van der Waals surface area (Å²) >= 11 is 0. The molecule has 1 heterocycles. The monoisotopic (exact) mass is 524 g/mol. The Bertz CT molecular complexity index is 892. The molecule has 0 bridgehead atoms. The second kappa shape index (κ2) is 16.3. The van der Waals surface area contributed by atoms with Crippen LogP contribution in [-0.2, 0) is 30.4 Å². The first kappa shape index (κ1) is 31.5. The fraction of sp³-hybridized carbons (Fsp3) is 0.652. The summed E-state index contributed by atoms with van der Waals surface area (Å²) in [5.41, 5.74) is 17.1. The van der Waals surface area contributed by atoms with Gasteiger partial charge in [-0.25, -0.2) is 9.78 Å². The number of carbonyl (C=O) groups excluding carboxylic acids is 4. The van der Waals surface area contributed by atoms with Crippen molar-refractivity contribution in [3.05, 3.63) is 18.2 Å². The summed E-state index contributed by atoms with van der Waals surface area (Å²) < 4.78 is 0. The van der Waals surface area contributed by atoms with E-state index in [1.807, 2.05) is 13.8 Å². The number of unbranched alkanes of at least 4 members (excludes halogenated alkanes) is 1. The Morgan fingerprint density at radius 3 is 2.14 bits per heavy atom. The van der Waals surface area contributed by atoms with Crippen LogP contribution in [0.3, 0.4) is 0 Å². The topological polar surface area (TPSA) is 248 Å². The number of aliphatic carboxylic acids is 1. The molecule has 4 unspecified atom stereocenters. The van der Waals surface area contributed by atoms with Crippen LogP contribution in [0.4, 0.5) is 0 Å². The molecular weight excluding hydrogens is 484 g/mol. The standard InChI is InChI=1S/C23H40N8O6/c1-13(2)9-17(22(35)31-18(23(36)37)10-14-11-27-12-28-14)30-21(34)16(6-7-19(26)32)29-20(33)15(25)5-3-4-8-24/h11-13,15-18H,3-10,24-25H2,1-2H3,(H2,26,32)(H,27,28)(H,29,33)(H,30,34)(H,31,35)(H,36,37). The van der Waals surface area contributed by atoms with Crippen molar-refractivity contribution >= 4 is 29.6 Å². The van der Waals surface area contributed by atoms with Crippen molar-refractivity contribution in [3.63, 3.8) is 0 Å². The zero-order valence-electron chi connectivity index (χ0n) is 21.4. The molecule has 14 heteroatoms. The van der Waals surface area contributed by atoms with E-state index in [1.54, 1.807) is 0 Å². The summed E-state index contributed by atoms with van der Waals surface area (Å²) in [5.74, 6) is -3.97. The Morgan fingerprint density at radius 2 is 1.59 bits per heavy atom. The number of hydrogen-bond donors (Lipinski definition) is 8. The molecule has 1 aromatic rings. The van der Waals surface area contributed by atoms with Crippen LogP contribution in [0.2, 0.25) is 0 Å². The summed E-state index contributed by atoms with van der Waals surface area (Å²) in [6.07, 6.45) is 4.39. The Morgan fingerprint density at radius 1 is 0.973 bits per heavy atom. The molecule has 14 nitrogen and oxygen atoms in total. The molecule has 4 atom stereocenters. The van der Waals surface area contributed by atoms with Crippen molar-refractivity contribution in [1.82, 2.24) is 25.9 Å². The van der Waals surface area contributed by atoms with Crippen LogP contribution in [0.1, 0.15) is 58.1 Å². The third-order valence-corrected chi connectivity index (χ3v) is 5.55. The average Bonchev–Trinajstić information content (AvgIpc) is 3.33. The van der Waals surface area contributed by atoms with Crippen LogP contribution in [0.15, 0.2) is 12.5 Å². The highest BCUT2D eigenvalue weighted by atomic mass is 16.4. The van der Waals surface area contributed by atoms with Crippen molar-refractivity contribution in [2.45, 2.75) is 83.0 Å². The molecule has 0 aliphatic heterocycles. The Labute approximate surface area is 215 Å². The lowest BCUT2D eigenvalue weighted by Crippen LogP contribution is -2.57. The largest absolute Gasteiger partial charge is 0.480 e. The molecule has 0 fully saturated rings. The van der Waals surface area contributed by atoms with Crippen LogP contribution in [-0.4, -0.2) is 75.4 Å². The molecule has 0 saturated carbocycles. The van der Waals surface area contributed by atoms with Gasteiger partial charge in [-0.05, 0) is 38.1 Å². The molecular formula is C23H40N8O6. The fourth-order valence-corrected chi connectivity index (χ4v) is 3.54. The van der Waals surface area contributed by atoms with Crippen molar-refractivity contribution in [2.75, 3.05) is 6.54 Å². The number of H-pyrrole nitrogens is 1. The molecule has 0 spiro atoms. The van der Waals surface area contributed by atoms with Gasteiger partial charge in [0, 0.05) is 24.7 Å².